The summed E-state index contributed by atoms with van der Waals surface area (Å²) in [4.78, 5) is 12.9. The molecule has 1 unspecified atom stereocenters. The van der Waals surface area contributed by atoms with E-state index < -0.39 is 0 Å². The van der Waals surface area contributed by atoms with Gasteiger partial charge in [-0.3, -0.25) is 4.79 Å². The minimum atomic E-state index is -0.347. The molecular formula is C23H26ClN3O4S. The zero-order valence-electron chi connectivity index (χ0n) is 18.5. The summed E-state index contributed by atoms with van der Waals surface area (Å²) in [5, 5.41) is 9.72. The van der Waals surface area contributed by atoms with Crippen molar-refractivity contribution in [1.29, 1.82) is 0 Å². The highest BCUT2D eigenvalue weighted by Gasteiger charge is 2.22. The van der Waals surface area contributed by atoms with Crippen molar-refractivity contribution in [3.8, 4) is 22.9 Å². The Labute approximate surface area is 197 Å². The number of carbonyl (C=O) groups excluding carboxylic acids is 1. The van der Waals surface area contributed by atoms with E-state index in [2.05, 4.69) is 10.2 Å². The summed E-state index contributed by atoms with van der Waals surface area (Å²) in [6.07, 6.45) is 0.780. The Bertz CT molecular complexity index is 1060. The molecule has 0 saturated carbocycles. The number of aromatic nitrogens is 3. The molecule has 170 valence electrons. The first-order valence-corrected chi connectivity index (χ1v) is 11.3. The van der Waals surface area contributed by atoms with Crippen molar-refractivity contribution >= 4 is 29.1 Å². The number of nitrogens with zero attached hydrogens (tertiary/aromatic N) is 3. The molecule has 1 atom stereocenters. The fourth-order valence-corrected chi connectivity index (χ4v) is 4.27. The molecule has 3 aromatic rings. The molecule has 0 aliphatic rings. The van der Waals surface area contributed by atoms with Gasteiger partial charge in [-0.25, -0.2) is 0 Å². The van der Waals surface area contributed by atoms with E-state index in [1.54, 1.807) is 45.6 Å². The van der Waals surface area contributed by atoms with Crippen LogP contribution in [0.25, 0.3) is 11.4 Å². The SMILES string of the molecule is COCCCn1c(SC(C)C(=O)c2ccc(Cl)cc2)nnc1-c1ccc(OC)c(OC)c1. The summed E-state index contributed by atoms with van der Waals surface area (Å²) in [6.45, 7) is 3.12. The van der Waals surface area contributed by atoms with Crippen molar-refractivity contribution in [2.45, 2.75) is 30.3 Å². The molecule has 3 rings (SSSR count). The van der Waals surface area contributed by atoms with Gasteiger partial charge < -0.3 is 18.8 Å². The van der Waals surface area contributed by atoms with Gasteiger partial charge in [-0.1, -0.05) is 23.4 Å². The Balaban J connectivity index is 1.90. The molecule has 9 heteroatoms. The van der Waals surface area contributed by atoms with Gasteiger partial charge in [-0.15, -0.1) is 10.2 Å². The van der Waals surface area contributed by atoms with Gasteiger partial charge >= 0.3 is 0 Å². The molecule has 0 spiro atoms. The van der Waals surface area contributed by atoms with E-state index in [1.807, 2.05) is 29.7 Å². The van der Waals surface area contributed by atoms with Crippen molar-refractivity contribution in [2.24, 2.45) is 0 Å². The van der Waals surface area contributed by atoms with Gasteiger partial charge in [0.25, 0.3) is 0 Å². The molecule has 1 aromatic heterocycles. The molecule has 0 aliphatic carbocycles. The Hall–Kier alpha value is -2.55. The number of ketones is 1. The monoisotopic (exact) mass is 475 g/mol. The summed E-state index contributed by atoms with van der Waals surface area (Å²) < 4.78 is 18.0. The van der Waals surface area contributed by atoms with Crippen molar-refractivity contribution in [1.82, 2.24) is 14.8 Å². The third-order valence-corrected chi connectivity index (χ3v) is 6.20. The molecule has 0 N–H and O–H groups in total. The summed E-state index contributed by atoms with van der Waals surface area (Å²) >= 11 is 7.32. The third kappa shape index (κ3) is 5.62. The largest absolute Gasteiger partial charge is 0.493 e. The maximum Gasteiger partial charge on any atom is 0.192 e. The van der Waals surface area contributed by atoms with Crippen LogP contribution in [-0.2, 0) is 11.3 Å². The zero-order valence-corrected chi connectivity index (χ0v) is 20.1. The first-order valence-electron chi connectivity index (χ1n) is 10.1. The van der Waals surface area contributed by atoms with E-state index in [9.17, 15) is 4.79 Å². The van der Waals surface area contributed by atoms with Crippen LogP contribution in [0.4, 0.5) is 0 Å². The number of ether oxygens (including phenoxy) is 3. The van der Waals surface area contributed by atoms with Crippen molar-refractivity contribution in [2.75, 3.05) is 27.9 Å². The average Bonchev–Trinajstić information content (AvgIpc) is 3.20. The molecule has 32 heavy (non-hydrogen) atoms. The molecule has 7 nitrogen and oxygen atoms in total. The van der Waals surface area contributed by atoms with Crippen molar-refractivity contribution in [3.05, 3.63) is 53.1 Å². The van der Waals surface area contributed by atoms with Gasteiger partial charge in [0.15, 0.2) is 28.3 Å². The van der Waals surface area contributed by atoms with Crippen molar-refractivity contribution in [3.63, 3.8) is 0 Å². The van der Waals surface area contributed by atoms with Crippen LogP contribution in [0.3, 0.4) is 0 Å². The van der Waals surface area contributed by atoms with Gasteiger partial charge in [-0.05, 0) is 55.8 Å². The lowest BCUT2D eigenvalue weighted by molar-refractivity contribution is 0.0994. The highest BCUT2D eigenvalue weighted by atomic mass is 35.5. The Morgan fingerprint density at radius 3 is 2.44 bits per heavy atom. The Morgan fingerprint density at radius 2 is 1.78 bits per heavy atom. The number of hydrogen-bond acceptors (Lipinski definition) is 7. The maximum absolute atomic E-state index is 12.9. The number of rotatable bonds is 11. The number of Topliss-reactive ketones (excluding diaryl/α,β-unsaturated/α-hetero) is 1. The van der Waals surface area contributed by atoms with E-state index >= 15 is 0 Å². The first kappa shape index (κ1) is 24.1. The Morgan fingerprint density at radius 1 is 1.06 bits per heavy atom. The van der Waals surface area contributed by atoms with Crippen LogP contribution in [0.15, 0.2) is 47.6 Å². The first-order chi connectivity index (χ1) is 15.5. The van der Waals surface area contributed by atoms with Crippen LogP contribution in [0.5, 0.6) is 11.5 Å². The minimum absolute atomic E-state index is 0.00535. The molecule has 0 amide bonds. The van der Waals surface area contributed by atoms with Gasteiger partial charge in [0.1, 0.15) is 0 Å². The molecule has 1 heterocycles. The average molecular weight is 476 g/mol. The summed E-state index contributed by atoms with van der Waals surface area (Å²) in [5.41, 5.74) is 1.45. The second-order valence-corrected chi connectivity index (χ2v) is 8.75. The van der Waals surface area contributed by atoms with Crippen molar-refractivity contribution < 1.29 is 19.0 Å². The number of hydrogen-bond donors (Lipinski definition) is 0. The minimum Gasteiger partial charge on any atom is -0.493 e. The fourth-order valence-electron chi connectivity index (χ4n) is 3.19. The summed E-state index contributed by atoms with van der Waals surface area (Å²) in [6, 6.07) is 12.5. The van der Waals surface area contributed by atoms with E-state index in [4.69, 9.17) is 25.8 Å². The van der Waals surface area contributed by atoms with Gasteiger partial charge in [0, 0.05) is 36.4 Å². The van der Waals surface area contributed by atoms with E-state index in [1.165, 1.54) is 11.8 Å². The number of methoxy groups -OCH3 is 3. The molecule has 0 saturated heterocycles. The van der Waals surface area contributed by atoms with Crippen LogP contribution in [0, 0.1) is 0 Å². The molecule has 0 radical (unpaired) electrons. The molecule has 2 aromatic carbocycles. The van der Waals surface area contributed by atoms with Crippen LogP contribution in [0.1, 0.15) is 23.7 Å². The maximum atomic E-state index is 12.9. The standard InChI is InChI=1S/C23H26ClN3O4S/c1-15(21(28)16-6-9-18(24)10-7-16)32-23-26-25-22(27(23)12-5-13-29-2)17-8-11-19(30-3)20(14-17)31-4/h6-11,14-15H,5,12-13H2,1-4H3. The smallest absolute Gasteiger partial charge is 0.192 e. The lowest BCUT2D eigenvalue weighted by Crippen LogP contribution is -2.15. The molecule has 0 fully saturated rings. The van der Waals surface area contributed by atoms with E-state index in [0.29, 0.717) is 46.2 Å². The predicted molar refractivity (Wildman–Crippen MR) is 126 cm³/mol. The fraction of sp³-hybridized carbons (Fsp3) is 0.348. The number of halogens is 1. The van der Waals surface area contributed by atoms with Crippen LogP contribution < -0.4 is 9.47 Å². The molecule has 0 bridgehead atoms. The number of thioether (sulfide) groups is 1. The second-order valence-electron chi connectivity index (χ2n) is 7.01. The number of benzene rings is 2. The second kappa shape index (κ2) is 11.4. The summed E-state index contributed by atoms with van der Waals surface area (Å²) in [7, 11) is 4.86. The highest BCUT2D eigenvalue weighted by Crippen LogP contribution is 2.34. The zero-order chi connectivity index (χ0) is 23.1. The van der Waals surface area contributed by atoms with E-state index in [0.717, 1.165) is 12.0 Å². The predicted octanol–water partition coefficient (Wildman–Crippen LogP) is 5.02. The topological polar surface area (TPSA) is 75.5 Å². The third-order valence-electron chi connectivity index (χ3n) is 4.87. The van der Waals surface area contributed by atoms with Gasteiger partial charge in [0.2, 0.25) is 0 Å². The van der Waals surface area contributed by atoms with Crippen LogP contribution in [0.2, 0.25) is 5.02 Å². The lowest BCUT2D eigenvalue weighted by Gasteiger charge is -2.14. The van der Waals surface area contributed by atoms with Crippen LogP contribution in [-0.4, -0.2) is 53.7 Å². The lowest BCUT2D eigenvalue weighted by atomic mass is 10.1. The van der Waals surface area contributed by atoms with Gasteiger partial charge in [0.05, 0.1) is 19.5 Å². The molecular weight excluding hydrogens is 450 g/mol. The Kier molecular flexibility index (Phi) is 8.55. The number of carbonyl (C=O) groups is 1. The normalized spacial score (nSPS) is 11.9. The summed E-state index contributed by atoms with van der Waals surface area (Å²) in [5.74, 6) is 1.94. The highest BCUT2D eigenvalue weighted by molar-refractivity contribution is 8.00. The van der Waals surface area contributed by atoms with Crippen LogP contribution >= 0.6 is 23.4 Å². The molecule has 0 aliphatic heterocycles. The van der Waals surface area contributed by atoms with E-state index in [-0.39, 0.29) is 11.0 Å². The van der Waals surface area contributed by atoms with Gasteiger partial charge in [-0.2, -0.15) is 0 Å². The quantitative estimate of drug-likeness (QED) is 0.219.